The molecule has 84 valence electrons. The molecule has 0 aromatic heterocycles. The van der Waals surface area contributed by atoms with Crippen LogP contribution in [0.15, 0.2) is 12.1 Å². The van der Waals surface area contributed by atoms with Crippen LogP contribution in [0.3, 0.4) is 0 Å². The first-order chi connectivity index (χ1) is 7.13. The highest BCUT2D eigenvalue weighted by Crippen LogP contribution is 2.27. The summed E-state index contributed by atoms with van der Waals surface area (Å²) in [5, 5.41) is 3.10. The summed E-state index contributed by atoms with van der Waals surface area (Å²) in [6, 6.07) is 4.16. The van der Waals surface area contributed by atoms with E-state index >= 15 is 0 Å². The van der Waals surface area contributed by atoms with Crippen molar-refractivity contribution < 1.29 is 9.47 Å². The van der Waals surface area contributed by atoms with E-state index in [9.17, 15) is 0 Å². The molecule has 1 unspecified atom stereocenters. The molecule has 0 aliphatic heterocycles. The van der Waals surface area contributed by atoms with Gasteiger partial charge in [-0.05, 0) is 49.7 Å². The zero-order valence-electron chi connectivity index (χ0n) is 10.0. The molecule has 0 saturated carbocycles. The molecular formula is C12H19NO2. The van der Waals surface area contributed by atoms with Crippen molar-refractivity contribution >= 4 is 0 Å². The smallest absolute Gasteiger partial charge is 0.133 e. The second-order valence-corrected chi connectivity index (χ2v) is 3.59. The lowest BCUT2D eigenvalue weighted by Gasteiger charge is -2.17. The molecule has 0 spiro atoms. The van der Waals surface area contributed by atoms with E-state index in [0.29, 0.717) is 0 Å². The Hall–Kier alpha value is -1.06. The van der Waals surface area contributed by atoms with E-state index < -0.39 is 0 Å². The molecule has 1 aromatic carbocycles. The molecule has 1 aromatic rings. The largest absolute Gasteiger partial charge is 0.496 e. The van der Waals surface area contributed by atoms with Crippen molar-refractivity contribution in [3.05, 3.63) is 28.8 Å². The van der Waals surface area contributed by atoms with Gasteiger partial charge in [0.25, 0.3) is 0 Å². The third kappa shape index (κ3) is 2.49. The fraction of sp³-hybridized carbons (Fsp3) is 0.500. The lowest BCUT2D eigenvalue weighted by atomic mass is 10.0. The third-order valence-electron chi connectivity index (χ3n) is 2.49. The molecule has 1 N–H and O–H groups in total. The minimum Gasteiger partial charge on any atom is -0.496 e. The third-order valence-corrected chi connectivity index (χ3v) is 2.49. The summed E-state index contributed by atoms with van der Waals surface area (Å²) in [4.78, 5) is 0. The molecule has 0 heterocycles. The Kier molecular flexibility index (Phi) is 4.12. The van der Waals surface area contributed by atoms with Gasteiger partial charge >= 0.3 is 0 Å². The standard InChI is InChI=1S/C12H19NO2/c1-8-6-10(12(13-3)15-5)7-9(2)11(8)14-4/h6-7,12-13H,1-5H3. The van der Waals surface area contributed by atoms with Crippen LogP contribution in [0.5, 0.6) is 5.75 Å². The molecule has 3 heteroatoms. The van der Waals surface area contributed by atoms with Crippen molar-refractivity contribution in [2.45, 2.75) is 20.1 Å². The van der Waals surface area contributed by atoms with E-state index in [1.807, 2.05) is 20.9 Å². The molecule has 0 saturated heterocycles. The molecule has 0 radical (unpaired) electrons. The second-order valence-electron chi connectivity index (χ2n) is 3.59. The zero-order chi connectivity index (χ0) is 11.4. The van der Waals surface area contributed by atoms with Gasteiger partial charge in [-0.1, -0.05) is 0 Å². The quantitative estimate of drug-likeness (QED) is 0.771. The Morgan fingerprint density at radius 2 is 1.67 bits per heavy atom. The highest BCUT2D eigenvalue weighted by Gasteiger charge is 2.11. The van der Waals surface area contributed by atoms with E-state index in [2.05, 4.69) is 17.4 Å². The van der Waals surface area contributed by atoms with E-state index in [4.69, 9.17) is 9.47 Å². The van der Waals surface area contributed by atoms with Gasteiger partial charge in [0, 0.05) is 7.11 Å². The summed E-state index contributed by atoms with van der Waals surface area (Å²) < 4.78 is 10.6. The Morgan fingerprint density at radius 1 is 1.13 bits per heavy atom. The van der Waals surface area contributed by atoms with Gasteiger partial charge in [0.1, 0.15) is 12.0 Å². The maximum Gasteiger partial charge on any atom is 0.133 e. The van der Waals surface area contributed by atoms with Gasteiger partial charge in [-0.15, -0.1) is 0 Å². The Balaban J connectivity index is 3.12. The lowest BCUT2D eigenvalue weighted by molar-refractivity contribution is 0.0807. The normalized spacial score (nSPS) is 12.6. The summed E-state index contributed by atoms with van der Waals surface area (Å²) in [7, 11) is 5.26. The molecule has 0 amide bonds. The number of hydrogen-bond donors (Lipinski definition) is 1. The number of ether oxygens (including phenoxy) is 2. The number of nitrogens with one attached hydrogen (secondary N) is 1. The van der Waals surface area contributed by atoms with Crippen LogP contribution in [0.2, 0.25) is 0 Å². The van der Waals surface area contributed by atoms with Crippen LogP contribution in [-0.2, 0) is 4.74 Å². The fourth-order valence-electron chi connectivity index (χ4n) is 1.88. The topological polar surface area (TPSA) is 30.5 Å². The Bertz CT molecular complexity index is 309. The minimum atomic E-state index is -0.0618. The van der Waals surface area contributed by atoms with Crippen LogP contribution in [-0.4, -0.2) is 21.3 Å². The fourth-order valence-corrected chi connectivity index (χ4v) is 1.88. The summed E-state index contributed by atoms with van der Waals surface area (Å²) >= 11 is 0. The van der Waals surface area contributed by atoms with Crippen molar-refractivity contribution in [2.24, 2.45) is 0 Å². The molecule has 0 aliphatic rings. The highest BCUT2D eigenvalue weighted by molar-refractivity contribution is 5.43. The second kappa shape index (κ2) is 5.14. The van der Waals surface area contributed by atoms with Crippen molar-refractivity contribution in [3.8, 4) is 5.75 Å². The maximum atomic E-state index is 5.32. The summed E-state index contributed by atoms with van der Waals surface area (Å²) in [6.45, 7) is 4.08. The number of hydrogen-bond acceptors (Lipinski definition) is 3. The van der Waals surface area contributed by atoms with Crippen molar-refractivity contribution in [3.63, 3.8) is 0 Å². The van der Waals surface area contributed by atoms with Crippen LogP contribution >= 0.6 is 0 Å². The van der Waals surface area contributed by atoms with Gasteiger partial charge in [-0.3, -0.25) is 5.32 Å². The SMILES string of the molecule is CNC(OC)c1cc(C)c(OC)c(C)c1. The van der Waals surface area contributed by atoms with Crippen molar-refractivity contribution in [1.82, 2.24) is 5.32 Å². The molecule has 3 nitrogen and oxygen atoms in total. The highest BCUT2D eigenvalue weighted by atomic mass is 16.5. The van der Waals surface area contributed by atoms with Gasteiger partial charge < -0.3 is 9.47 Å². The number of rotatable bonds is 4. The molecule has 0 aliphatic carbocycles. The van der Waals surface area contributed by atoms with Gasteiger partial charge in [-0.25, -0.2) is 0 Å². The molecule has 1 rings (SSSR count). The molecular weight excluding hydrogens is 190 g/mol. The van der Waals surface area contributed by atoms with E-state index in [1.165, 1.54) is 0 Å². The van der Waals surface area contributed by atoms with Crippen LogP contribution in [0.25, 0.3) is 0 Å². The average Bonchev–Trinajstić information content (AvgIpc) is 2.19. The van der Waals surface area contributed by atoms with E-state index in [0.717, 1.165) is 22.4 Å². The number of aryl methyl sites for hydroxylation is 2. The maximum absolute atomic E-state index is 5.32. The zero-order valence-corrected chi connectivity index (χ0v) is 10.0. The van der Waals surface area contributed by atoms with Gasteiger partial charge in [-0.2, -0.15) is 0 Å². The first kappa shape index (κ1) is 12.0. The predicted octanol–water partition coefficient (Wildman–Crippen LogP) is 2.18. The van der Waals surface area contributed by atoms with E-state index in [1.54, 1.807) is 14.2 Å². The summed E-state index contributed by atoms with van der Waals surface area (Å²) in [5.41, 5.74) is 3.38. The van der Waals surface area contributed by atoms with Crippen molar-refractivity contribution in [2.75, 3.05) is 21.3 Å². The summed E-state index contributed by atoms with van der Waals surface area (Å²) in [6.07, 6.45) is -0.0618. The molecule has 15 heavy (non-hydrogen) atoms. The number of methoxy groups -OCH3 is 2. The van der Waals surface area contributed by atoms with Gasteiger partial charge in [0.2, 0.25) is 0 Å². The first-order valence-corrected chi connectivity index (χ1v) is 4.99. The Labute approximate surface area is 91.4 Å². The van der Waals surface area contributed by atoms with Crippen LogP contribution in [0.4, 0.5) is 0 Å². The Morgan fingerprint density at radius 3 is 2.00 bits per heavy atom. The van der Waals surface area contributed by atoms with Crippen LogP contribution < -0.4 is 10.1 Å². The monoisotopic (exact) mass is 209 g/mol. The average molecular weight is 209 g/mol. The first-order valence-electron chi connectivity index (χ1n) is 4.99. The lowest BCUT2D eigenvalue weighted by Crippen LogP contribution is -2.18. The molecule has 1 atom stereocenters. The minimum absolute atomic E-state index is 0.0618. The van der Waals surface area contributed by atoms with Gasteiger partial charge in [0.05, 0.1) is 7.11 Å². The predicted molar refractivity (Wildman–Crippen MR) is 61.3 cm³/mol. The van der Waals surface area contributed by atoms with Crippen LogP contribution in [0.1, 0.15) is 22.9 Å². The van der Waals surface area contributed by atoms with Crippen LogP contribution in [0, 0.1) is 13.8 Å². The van der Waals surface area contributed by atoms with Crippen molar-refractivity contribution in [1.29, 1.82) is 0 Å². The van der Waals surface area contributed by atoms with Gasteiger partial charge in [0.15, 0.2) is 0 Å². The number of benzene rings is 1. The molecule has 0 fully saturated rings. The van der Waals surface area contributed by atoms with E-state index in [-0.39, 0.29) is 6.23 Å². The summed E-state index contributed by atoms with van der Waals surface area (Å²) in [5.74, 6) is 0.949. The molecule has 0 bridgehead atoms.